The zero-order valence-electron chi connectivity index (χ0n) is 9.08. The minimum absolute atomic E-state index is 0.0487. The van der Waals surface area contributed by atoms with E-state index in [1.807, 2.05) is 36.4 Å². The molecule has 0 saturated carbocycles. The molecule has 1 heterocycles. The number of carboxylic acid groups (broad SMARTS) is 1. The number of benzene rings is 1. The van der Waals surface area contributed by atoms with E-state index in [1.165, 1.54) is 11.8 Å². The van der Waals surface area contributed by atoms with Crippen molar-refractivity contribution in [3.8, 4) is 0 Å². The zero-order chi connectivity index (χ0) is 12.1. The Morgan fingerprint density at radius 1 is 1.24 bits per heavy atom. The van der Waals surface area contributed by atoms with Crippen molar-refractivity contribution >= 4 is 17.7 Å². The van der Waals surface area contributed by atoms with Crippen LogP contribution in [0.3, 0.4) is 0 Å². The largest absolute Gasteiger partial charge is 0.481 e. The van der Waals surface area contributed by atoms with Gasteiger partial charge in [0, 0.05) is 4.90 Å². The summed E-state index contributed by atoms with van der Waals surface area (Å²) in [5, 5.41) is 8.72. The van der Waals surface area contributed by atoms with Gasteiger partial charge in [-0.2, -0.15) is 0 Å². The fourth-order valence-corrected chi connectivity index (χ4v) is 2.62. The quantitative estimate of drug-likeness (QED) is 0.821. The Kier molecular flexibility index (Phi) is 3.88. The summed E-state index contributed by atoms with van der Waals surface area (Å²) in [6, 6.07) is 13.3. The Morgan fingerprint density at radius 3 is 2.59 bits per heavy atom. The van der Waals surface area contributed by atoms with Gasteiger partial charge in [0.05, 0.1) is 17.9 Å². The predicted molar refractivity (Wildman–Crippen MR) is 66.0 cm³/mol. The highest BCUT2D eigenvalue weighted by Crippen LogP contribution is 2.37. The van der Waals surface area contributed by atoms with Crippen molar-refractivity contribution in [3.05, 3.63) is 54.5 Å². The summed E-state index contributed by atoms with van der Waals surface area (Å²) in [4.78, 5) is 11.9. The summed E-state index contributed by atoms with van der Waals surface area (Å²) >= 11 is 1.50. The average Bonchev–Trinajstić information content (AvgIpc) is 2.82. The van der Waals surface area contributed by atoms with Crippen LogP contribution in [-0.2, 0) is 4.79 Å². The molecule has 1 aromatic carbocycles. The van der Waals surface area contributed by atoms with Gasteiger partial charge in [0.15, 0.2) is 0 Å². The highest BCUT2D eigenvalue weighted by atomic mass is 32.2. The Hall–Kier alpha value is -1.68. The van der Waals surface area contributed by atoms with Crippen LogP contribution in [0.5, 0.6) is 0 Å². The first-order valence-electron chi connectivity index (χ1n) is 5.22. The first-order chi connectivity index (χ1) is 8.25. The molecule has 4 heteroatoms. The summed E-state index contributed by atoms with van der Waals surface area (Å²) in [7, 11) is 0. The van der Waals surface area contributed by atoms with E-state index in [2.05, 4.69) is 0 Å². The molecule has 0 radical (unpaired) electrons. The van der Waals surface area contributed by atoms with Crippen molar-refractivity contribution in [3.63, 3.8) is 0 Å². The lowest BCUT2D eigenvalue weighted by Crippen LogP contribution is -2.02. The van der Waals surface area contributed by atoms with Crippen LogP contribution in [0.15, 0.2) is 58.0 Å². The van der Waals surface area contributed by atoms with Gasteiger partial charge in [-0.1, -0.05) is 18.2 Å². The molecule has 3 nitrogen and oxygen atoms in total. The SMILES string of the molecule is O=C(O)CC(Sc1ccccc1)c1ccco1. The fraction of sp³-hybridized carbons (Fsp3) is 0.154. The molecule has 1 atom stereocenters. The van der Waals surface area contributed by atoms with Crippen molar-refractivity contribution in [2.24, 2.45) is 0 Å². The Morgan fingerprint density at radius 2 is 2.00 bits per heavy atom. The maximum Gasteiger partial charge on any atom is 0.304 e. The lowest BCUT2D eigenvalue weighted by molar-refractivity contribution is -0.137. The zero-order valence-corrected chi connectivity index (χ0v) is 9.89. The molecule has 0 aliphatic rings. The van der Waals surface area contributed by atoms with Crippen molar-refractivity contribution in [1.82, 2.24) is 0 Å². The Bertz CT molecular complexity index is 465. The fourth-order valence-electron chi connectivity index (χ4n) is 1.50. The van der Waals surface area contributed by atoms with E-state index in [1.54, 1.807) is 12.3 Å². The molecule has 88 valence electrons. The van der Waals surface area contributed by atoms with Crippen LogP contribution in [0.1, 0.15) is 17.4 Å². The molecule has 1 aromatic heterocycles. The van der Waals surface area contributed by atoms with Gasteiger partial charge >= 0.3 is 5.97 Å². The lowest BCUT2D eigenvalue weighted by atomic mass is 10.2. The molecule has 1 N–H and O–H groups in total. The monoisotopic (exact) mass is 248 g/mol. The van der Waals surface area contributed by atoms with E-state index >= 15 is 0 Å². The van der Waals surface area contributed by atoms with Crippen LogP contribution < -0.4 is 0 Å². The molecule has 2 rings (SSSR count). The van der Waals surface area contributed by atoms with Gasteiger partial charge in [0.2, 0.25) is 0 Å². The molecule has 0 saturated heterocycles. The normalized spacial score (nSPS) is 12.2. The minimum Gasteiger partial charge on any atom is -0.481 e. The third-order valence-electron chi connectivity index (χ3n) is 2.24. The van der Waals surface area contributed by atoms with Crippen molar-refractivity contribution in [2.75, 3.05) is 0 Å². The average molecular weight is 248 g/mol. The second kappa shape index (κ2) is 5.59. The van der Waals surface area contributed by atoms with E-state index in [-0.39, 0.29) is 11.7 Å². The minimum atomic E-state index is -0.824. The number of rotatable bonds is 5. The van der Waals surface area contributed by atoms with Gasteiger partial charge in [-0.3, -0.25) is 4.79 Å². The molecule has 0 aliphatic carbocycles. The molecule has 0 fully saturated rings. The standard InChI is InChI=1S/C13H12O3S/c14-13(15)9-12(11-7-4-8-16-11)17-10-5-2-1-3-6-10/h1-8,12H,9H2,(H,14,15). The van der Waals surface area contributed by atoms with Crippen LogP contribution in [0.4, 0.5) is 0 Å². The number of carboxylic acids is 1. The van der Waals surface area contributed by atoms with Gasteiger partial charge < -0.3 is 9.52 Å². The van der Waals surface area contributed by atoms with Crippen molar-refractivity contribution in [1.29, 1.82) is 0 Å². The van der Waals surface area contributed by atoms with Crippen LogP contribution in [0, 0.1) is 0 Å². The molecule has 17 heavy (non-hydrogen) atoms. The molecule has 1 unspecified atom stereocenters. The molecule has 0 aliphatic heterocycles. The number of aliphatic carboxylic acids is 1. The highest BCUT2D eigenvalue weighted by molar-refractivity contribution is 7.99. The van der Waals surface area contributed by atoms with Crippen LogP contribution in [-0.4, -0.2) is 11.1 Å². The molecule has 0 spiro atoms. The Balaban J connectivity index is 2.14. The number of hydrogen-bond acceptors (Lipinski definition) is 3. The third kappa shape index (κ3) is 3.39. The van der Waals surface area contributed by atoms with E-state index in [0.717, 1.165) is 4.90 Å². The topological polar surface area (TPSA) is 50.4 Å². The molecular formula is C13H12O3S. The summed E-state index contributed by atoms with van der Waals surface area (Å²) < 4.78 is 5.28. The van der Waals surface area contributed by atoms with E-state index in [0.29, 0.717) is 5.76 Å². The van der Waals surface area contributed by atoms with Crippen LogP contribution >= 0.6 is 11.8 Å². The maximum absolute atomic E-state index is 10.8. The maximum atomic E-state index is 10.8. The third-order valence-corrected chi connectivity index (χ3v) is 3.47. The summed E-state index contributed by atoms with van der Waals surface area (Å²) in [5.74, 6) is -0.129. The first kappa shape index (κ1) is 11.8. The summed E-state index contributed by atoms with van der Waals surface area (Å²) in [6.07, 6.45) is 1.61. The van der Waals surface area contributed by atoms with Gasteiger partial charge in [0.1, 0.15) is 5.76 Å². The highest BCUT2D eigenvalue weighted by Gasteiger charge is 2.19. The number of furan rings is 1. The van der Waals surface area contributed by atoms with Crippen LogP contribution in [0.25, 0.3) is 0 Å². The molecule has 0 amide bonds. The van der Waals surface area contributed by atoms with Gasteiger partial charge in [0.25, 0.3) is 0 Å². The van der Waals surface area contributed by atoms with Gasteiger partial charge in [-0.25, -0.2) is 0 Å². The smallest absolute Gasteiger partial charge is 0.304 e. The predicted octanol–water partition coefficient (Wildman–Crippen LogP) is 3.59. The molecule has 0 bridgehead atoms. The van der Waals surface area contributed by atoms with Crippen molar-refractivity contribution < 1.29 is 14.3 Å². The molecule has 2 aromatic rings. The number of thioether (sulfide) groups is 1. The van der Waals surface area contributed by atoms with Gasteiger partial charge in [-0.15, -0.1) is 11.8 Å². The van der Waals surface area contributed by atoms with Crippen LogP contribution in [0.2, 0.25) is 0 Å². The second-order valence-corrected chi connectivity index (χ2v) is 4.81. The summed E-state index contributed by atoms with van der Waals surface area (Å²) in [5.41, 5.74) is 0. The Labute approximate surface area is 103 Å². The number of hydrogen-bond donors (Lipinski definition) is 1. The van der Waals surface area contributed by atoms with Gasteiger partial charge in [-0.05, 0) is 24.3 Å². The number of carbonyl (C=O) groups is 1. The summed E-state index contributed by atoms with van der Waals surface area (Å²) in [6.45, 7) is 0. The molecular weight excluding hydrogens is 236 g/mol. The van der Waals surface area contributed by atoms with E-state index in [9.17, 15) is 4.79 Å². The lowest BCUT2D eigenvalue weighted by Gasteiger charge is -2.11. The van der Waals surface area contributed by atoms with E-state index in [4.69, 9.17) is 9.52 Å². The second-order valence-electron chi connectivity index (χ2n) is 3.53. The first-order valence-corrected chi connectivity index (χ1v) is 6.10. The van der Waals surface area contributed by atoms with Crippen molar-refractivity contribution in [2.45, 2.75) is 16.6 Å². The van der Waals surface area contributed by atoms with E-state index < -0.39 is 5.97 Å².